The molecule has 0 saturated carbocycles. The lowest BCUT2D eigenvalue weighted by molar-refractivity contribution is -0.129. The fourth-order valence-electron chi connectivity index (χ4n) is 2.43. The number of carbonyl (C=O) groups excluding carboxylic acids is 1. The zero-order valence-electron chi connectivity index (χ0n) is 12.2. The monoisotopic (exact) mass is 256 g/mol. The molecule has 1 fully saturated rings. The summed E-state index contributed by atoms with van der Waals surface area (Å²) in [7, 11) is 3.59. The maximum absolute atomic E-state index is 11.4. The van der Waals surface area contributed by atoms with Gasteiger partial charge in [-0.25, -0.2) is 0 Å². The first-order valence-corrected chi connectivity index (χ1v) is 7.12. The van der Waals surface area contributed by atoms with E-state index in [1.54, 1.807) is 19.0 Å². The molecule has 3 unspecified atom stereocenters. The molecule has 1 saturated heterocycles. The van der Waals surface area contributed by atoms with Crippen LogP contribution in [0.3, 0.4) is 0 Å². The molecule has 4 nitrogen and oxygen atoms in total. The van der Waals surface area contributed by atoms with Gasteiger partial charge < -0.3 is 15.0 Å². The molecule has 1 aliphatic rings. The normalized spacial score (nSPS) is 28.1. The average molecular weight is 256 g/mol. The van der Waals surface area contributed by atoms with Crippen LogP contribution < -0.4 is 5.32 Å². The van der Waals surface area contributed by atoms with Gasteiger partial charge in [-0.05, 0) is 32.6 Å². The number of rotatable bonds is 6. The first-order chi connectivity index (χ1) is 8.54. The fourth-order valence-corrected chi connectivity index (χ4v) is 2.43. The lowest BCUT2D eigenvalue weighted by Gasteiger charge is -2.35. The molecule has 1 aliphatic heterocycles. The third-order valence-electron chi connectivity index (χ3n) is 3.64. The number of nitrogens with zero attached hydrogens (tertiary/aromatic N) is 1. The van der Waals surface area contributed by atoms with Crippen LogP contribution in [-0.2, 0) is 9.53 Å². The molecule has 18 heavy (non-hydrogen) atoms. The van der Waals surface area contributed by atoms with Gasteiger partial charge in [-0.15, -0.1) is 0 Å². The van der Waals surface area contributed by atoms with Crippen LogP contribution in [0.2, 0.25) is 0 Å². The van der Waals surface area contributed by atoms with E-state index in [1.165, 1.54) is 6.42 Å². The molecular weight excluding hydrogens is 228 g/mol. The zero-order valence-corrected chi connectivity index (χ0v) is 12.2. The van der Waals surface area contributed by atoms with Gasteiger partial charge in [0.15, 0.2) is 0 Å². The molecule has 1 amide bonds. The molecule has 0 aromatic heterocycles. The van der Waals surface area contributed by atoms with Crippen LogP contribution in [0.5, 0.6) is 0 Å². The van der Waals surface area contributed by atoms with Crippen molar-refractivity contribution >= 4 is 5.91 Å². The number of hydrogen-bond acceptors (Lipinski definition) is 3. The third kappa shape index (κ3) is 4.94. The van der Waals surface area contributed by atoms with Crippen LogP contribution in [0.15, 0.2) is 0 Å². The second-order valence-corrected chi connectivity index (χ2v) is 5.46. The van der Waals surface area contributed by atoms with Gasteiger partial charge in [0.2, 0.25) is 5.91 Å². The Labute approximate surface area is 111 Å². The van der Waals surface area contributed by atoms with Crippen LogP contribution in [0.4, 0.5) is 0 Å². The highest BCUT2D eigenvalue weighted by Crippen LogP contribution is 2.19. The summed E-state index contributed by atoms with van der Waals surface area (Å²) in [4.78, 5) is 13.1. The molecule has 0 aromatic rings. The van der Waals surface area contributed by atoms with Crippen molar-refractivity contribution in [2.24, 2.45) is 0 Å². The Kier molecular flexibility index (Phi) is 6.65. The molecule has 0 aromatic carbocycles. The molecule has 0 spiro atoms. The molecule has 4 heteroatoms. The third-order valence-corrected chi connectivity index (χ3v) is 3.64. The second-order valence-electron chi connectivity index (χ2n) is 5.46. The van der Waals surface area contributed by atoms with Gasteiger partial charge in [-0.2, -0.15) is 0 Å². The smallest absolute Gasteiger partial charge is 0.222 e. The largest absolute Gasteiger partial charge is 0.377 e. The molecule has 1 N–H and O–H groups in total. The van der Waals surface area contributed by atoms with Crippen LogP contribution >= 0.6 is 0 Å². The van der Waals surface area contributed by atoms with Crippen molar-refractivity contribution in [2.75, 3.05) is 20.7 Å². The predicted octanol–water partition coefficient (Wildman–Crippen LogP) is 1.79. The zero-order chi connectivity index (χ0) is 13.5. The number of carbonyl (C=O) groups is 1. The second kappa shape index (κ2) is 7.74. The molecule has 0 radical (unpaired) electrons. The summed E-state index contributed by atoms with van der Waals surface area (Å²) in [5, 5.41) is 3.58. The summed E-state index contributed by atoms with van der Waals surface area (Å²) < 4.78 is 5.93. The minimum absolute atomic E-state index is 0.182. The van der Waals surface area contributed by atoms with E-state index in [9.17, 15) is 4.79 Å². The molecule has 1 rings (SSSR count). The van der Waals surface area contributed by atoms with E-state index in [-0.39, 0.29) is 5.91 Å². The van der Waals surface area contributed by atoms with Crippen LogP contribution in [-0.4, -0.2) is 49.7 Å². The summed E-state index contributed by atoms with van der Waals surface area (Å²) >= 11 is 0. The van der Waals surface area contributed by atoms with Gasteiger partial charge in [-0.1, -0.05) is 6.92 Å². The minimum Gasteiger partial charge on any atom is -0.377 e. The highest BCUT2D eigenvalue weighted by Gasteiger charge is 2.27. The van der Waals surface area contributed by atoms with Crippen molar-refractivity contribution in [3.05, 3.63) is 0 Å². The van der Waals surface area contributed by atoms with Crippen molar-refractivity contribution in [1.82, 2.24) is 10.2 Å². The van der Waals surface area contributed by atoms with E-state index < -0.39 is 0 Å². The number of amides is 1. The minimum atomic E-state index is 0.182. The Morgan fingerprint density at radius 3 is 2.72 bits per heavy atom. The number of ether oxygens (including phenoxy) is 1. The Bertz CT molecular complexity index is 256. The fraction of sp³-hybridized carbons (Fsp3) is 0.929. The van der Waals surface area contributed by atoms with E-state index in [0.29, 0.717) is 31.2 Å². The van der Waals surface area contributed by atoms with Crippen molar-refractivity contribution in [1.29, 1.82) is 0 Å². The highest BCUT2D eigenvalue weighted by atomic mass is 16.5. The first-order valence-electron chi connectivity index (χ1n) is 7.12. The van der Waals surface area contributed by atoms with Crippen molar-refractivity contribution in [3.8, 4) is 0 Å². The Morgan fingerprint density at radius 2 is 2.11 bits per heavy atom. The highest BCUT2D eigenvalue weighted by molar-refractivity contribution is 5.75. The average Bonchev–Trinajstić information content (AvgIpc) is 2.35. The first kappa shape index (κ1) is 15.4. The molecule has 3 atom stereocenters. The molecule has 106 valence electrons. The SMILES string of the molecule is CCC1NC(C)CCC1OCCCC(=O)N(C)C. The topological polar surface area (TPSA) is 41.6 Å². The molecule has 0 bridgehead atoms. The number of hydrogen-bond donors (Lipinski definition) is 1. The van der Waals surface area contributed by atoms with Gasteiger partial charge >= 0.3 is 0 Å². The Hall–Kier alpha value is -0.610. The summed E-state index contributed by atoms with van der Waals surface area (Å²) in [6.45, 7) is 5.12. The maximum atomic E-state index is 11.4. The van der Waals surface area contributed by atoms with E-state index in [2.05, 4.69) is 19.2 Å². The van der Waals surface area contributed by atoms with E-state index >= 15 is 0 Å². The molecular formula is C14H28N2O2. The van der Waals surface area contributed by atoms with Crippen LogP contribution in [0, 0.1) is 0 Å². The molecule has 1 heterocycles. The number of nitrogens with one attached hydrogen (secondary N) is 1. The predicted molar refractivity (Wildman–Crippen MR) is 73.6 cm³/mol. The van der Waals surface area contributed by atoms with Crippen molar-refractivity contribution in [2.45, 2.75) is 64.1 Å². The summed E-state index contributed by atoms with van der Waals surface area (Å²) in [5.41, 5.74) is 0. The van der Waals surface area contributed by atoms with Gasteiger partial charge in [-0.3, -0.25) is 4.79 Å². The van der Waals surface area contributed by atoms with E-state index in [0.717, 1.165) is 19.3 Å². The van der Waals surface area contributed by atoms with E-state index in [1.807, 2.05) is 0 Å². The van der Waals surface area contributed by atoms with Gasteiger partial charge in [0.25, 0.3) is 0 Å². The lowest BCUT2D eigenvalue weighted by atomic mass is 9.95. The summed E-state index contributed by atoms with van der Waals surface area (Å²) in [5.74, 6) is 0.182. The summed E-state index contributed by atoms with van der Waals surface area (Å²) in [6.07, 6.45) is 5.14. The Morgan fingerprint density at radius 1 is 1.39 bits per heavy atom. The maximum Gasteiger partial charge on any atom is 0.222 e. The van der Waals surface area contributed by atoms with Gasteiger partial charge in [0, 0.05) is 39.2 Å². The number of piperidine rings is 1. The quantitative estimate of drug-likeness (QED) is 0.737. The lowest BCUT2D eigenvalue weighted by Crippen LogP contribution is -2.50. The van der Waals surface area contributed by atoms with Crippen molar-refractivity contribution < 1.29 is 9.53 Å². The van der Waals surface area contributed by atoms with E-state index in [4.69, 9.17) is 4.74 Å². The summed E-state index contributed by atoms with van der Waals surface area (Å²) in [6, 6.07) is 1.07. The Balaban J connectivity index is 2.20. The van der Waals surface area contributed by atoms with Gasteiger partial charge in [0.05, 0.1) is 6.10 Å². The van der Waals surface area contributed by atoms with Crippen LogP contribution in [0.1, 0.15) is 46.0 Å². The molecule has 0 aliphatic carbocycles. The standard InChI is InChI=1S/C14H28N2O2/c1-5-12-13(9-8-11(2)15-12)18-10-6-7-14(17)16(3)4/h11-13,15H,5-10H2,1-4H3. The van der Waals surface area contributed by atoms with Crippen LogP contribution in [0.25, 0.3) is 0 Å². The van der Waals surface area contributed by atoms with Gasteiger partial charge in [0.1, 0.15) is 0 Å². The van der Waals surface area contributed by atoms with Crippen molar-refractivity contribution in [3.63, 3.8) is 0 Å².